The van der Waals surface area contributed by atoms with E-state index in [-0.39, 0.29) is 33.3 Å². The lowest BCUT2D eigenvalue weighted by atomic mass is 9.74. The summed E-state index contributed by atoms with van der Waals surface area (Å²) < 4.78 is 11.0. The molecule has 5 atom stereocenters. The molecule has 0 aromatic carbocycles. The fourth-order valence-corrected chi connectivity index (χ4v) is 5.25. The normalized spacial score (nSPS) is 31.7. The molecular formula is C20H34O4S2. The molecule has 0 aromatic rings. The highest BCUT2D eigenvalue weighted by molar-refractivity contribution is 8.08. The van der Waals surface area contributed by atoms with Gasteiger partial charge in [0.15, 0.2) is 0 Å². The van der Waals surface area contributed by atoms with Crippen LogP contribution in [-0.4, -0.2) is 39.9 Å². The highest BCUT2D eigenvalue weighted by Crippen LogP contribution is 2.63. The maximum Gasteiger partial charge on any atom is 0.309 e. The predicted octanol–water partition coefficient (Wildman–Crippen LogP) is 4.51. The van der Waals surface area contributed by atoms with Crippen LogP contribution in [0.1, 0.15) is 66.7 Å². The summed E-state index contributed by atoms with van der Waals surface area (Å²) in [5.41, 5.74) is 0. The van der Waals surface area contributed by atoms with Gasteiger partial charge in [-0.2, -0.15) is 12.6 Å². The number of thioether (sulfide) groups is 1. The molecule has 1 saturated carbocycles. The van der Waals surface area contributed by atoms with Crippen LogP contribution in [0.2, 0.25) is 0 Å². The molecule has 0 amide bonds. The number of fused-ring (bicyclic) bond motifs is 1. The van der Waals surface area contributed by atoms with Gasteiger partial charge in [0, 0.05) is 14.7 Å². The molecule has 0 aromatic heterocycles. The van der Waals surface area contributed by atoms with Gasteiger partial charge in [0.1, 0.15) is 0 Å². The summed E-state index contributed by atoms with van der Waals surface area (Å²) in [7, 11) is 0. The maximum atomic E-state index is 12.8. The lowest BCUT2D eigenvalue weighted by Crippen LogP contribution is -2.40. The minimum absolute atomic E-state index is 0.0105. The molecule has 150 valence electrons. The van der Waals surface area contributed by atoms with Gasteiger partial charge >= 0.3 is 11.9 Å². The number of carbonyl (C=O) groups is 2. The quantitative estimate of drug-likeness (QED) is 0.349. The van der Waals surface area contributed by atoms with Gasteiger partial charge in [0.25, 0.3) is 0 Å². The third kappa shape index (κ3) is 5.82. The lowest BCUT2D eigenvalue weighted by Gasteiger charge is -2.31. The largest absolute Gasteiger partial charge is 0.466 e. The molecule has 4 nitrogen and oxygen atoms in total. The number of thiol groups is 1. The first-order valence-corrected chi connectivity index (χ1v) is 11.2. The Kier molecular flexibility index (Phi) is 7.39. The molecule has 0 radical (unpaired) electrons. The zero-order valence-electron chi connectivity index (χ0n) is 16.7. The van der Waals surface area contributed by atoms with Crippen LogP contribution in [0.15, 0.2) is 0 Å². The van der Waals surface area contributed by atoms with Crippen molar-refractivity contribution in [2.45, 2.75) is 81.5 Å². The van der Waals surface area contributed by atoms with Gasteiger partial charge in [-0.05, 0) is 45.4 Å². The van der Waals surface area contributed by atoms with Crippen LogP contribution in [0.3, 0.4) is 0 Å². The standard InChI is InChI=1S/C20H34O4S2/c1-6-13(8-9-19(3,4)25)12-24-17(21)14-10-16-20(5,26-16)11-15(14)18(22)23-7-2/h13-16,25H,6-12H2,1-5H3. The van der Waals surface area contributed by atoms with E-state index in [4.69, 9.17) is 9.47 Å². The fourth-order valence-electron chi connectivity index (χ4n) is 3.77. The Balaban J connectivity index is 1.92. The Morgan fingerprint density at radius 2 is 1.88 bits per heavy atom. The first kappa shape index (κ1) is 21.9. The number of hydrogen-bond donors (Lipinski definition) is 1. The highest BCUT2D eigenvalue weighted by atomic mass is 32.2. The first-order chi connectivity index (χ1) is 12.1. The van der Waals surface area contributed by atoms with E-state index in [1.165, 1.54) is 0 Å². The molecule has 26 heavy (non-hydrogen) atoms. The van der Waals surface area contributed by atoms with Crippen molar-refractivity contribution in [1.29, 1.82) is 0 Å². The summed E-state index contributed by atoms with van der Waals surface area (Å²) in [6.45, 7) is 11.1. The topological polar surface area (TPSA) is 52.6 Å². The second kappa shape index (κ2) is 8.76. The molecule has 1 aliphatic heterocycles. The molecule has 0 bridgehead atoms. The average Bonchev–Trinajstić information content (AvgIpc) is 3.23. The van der Waals surface area contributed by atoms with Gasteiger partial charge in [0.05, 0.1) is 25.0 Å². The molecule has 6 heteroatoms. The van der Waals surface area contributed by atoms with Gasteiger partial charge in [0.2, 0.25) is 0 Å². The molecular weight excluding hydrogens is 368 g/mol. The van der Waals surface area contributed by atoms with Crippen LogP contribution < -0.4 is 0 Å². The van der Waals surface area contributed by atoms with Crippen LogP contribution in [-0.2, 0) is 19.1 Å². The van der Waals surface area contributed by atoms with E-state index in [0.717, 1.165) is 25.7 Å². The SMILES string of the molecule is CCOC(=O)C1CC2(C)SC2CC1C(=O)OCC(CC)CCC(C)(C)S. The van der Waals surface area contributed by atoms with Crippen molar-refractivity contribution in [1.82, 2.24) is 0 Å². The van der Waals surface area contributed by atoms with E-state index < -0.39 is 0 Å². The Hall–Kier alpha value is -0.360. The van der Waals surface area contributed by atoms with Crippen LogP contribution >= 0.6 is 24.4 Å². The van der Waals surface area contributed by atoms with Crippen LogP contribution in [0, 0.1) is 17.8 Å². The van der Waals surface area contributed by atoms with Crippen molar-refractivity contribution >= 4 is 36.3 Å². The monoisotopic (exact) mass is 402 g/mol. The van der Waals surface area contributed by atoms with Crippen molar-refractivity contribution in [2.75, 3.05) is 13.2 Å². The fraction of sp³-hybridized carbons (Fsp3) is 0.900. The number of carbonyl (C=O) groups excluding carboxylic acids is 2. The minimum Gasteiger partial charge on any atom is -0.466 e. The number of hydrogen-bond acceptors (Lipinski definition) is 6. The summed E-state index contributed by atoms with van der Waals surface area (Å²) in [6.07, 6.45) is 4.39. The van der Waals surface area contributed by atoms with Gasteiger partial charge in [-0.3, -0.25) is 9.59 Å². The average molecular weight is 403 g/mol. The molecule has 0 spiro atoms. The Bertz CT molecular complexity index is 516. The first-order valence-electron chi connectivity index (χ1n) is 9.83. The summed E-state index contributed by atoms with van der Waals surface area (Å²) in [5, 5.41) is 0.470. The van der Waals surface area contributed by atoms with Crippen molar-refractivity contribution in [3.8, 4) is 0 Å². The van der Waals surface area contributed by atoms with E-state index in [2.05, 4.69) is 40.3 Å². The van der Waals surface area contributed by atoms with Crippen molar-refractivity contribution in [3.05, 3.63) is 0 Å². The van der Waals surface area contributed by atoms with E-state index in [1.807, 2.05) is 11.8 Å². The molecule has 2 aliphatic rings. The summed E-state index contributed by atoms with van der Waals surface area (Å²) in [4.78, 5) is 25.1. The number of rotatable bonds is 9. The van der Waals surface area contributed by atoms with Crippen LogP contribution in [0.5, 0.6) is 0 Å². The second-order valence-electron chi connectivity index (χ2n) is 8.58. The van der Waals surface area contributed by atoms with Gasteiger partial charge in [-0.1, -0.05) is 27.2 Å². The van der Waals surface area contributed by atoms with Crippen LogP contribution in [0.25, 0.3) is 0 Å². The van der Waals surface area contributed by atoms with E-state index in [1.54, 1.807) is 6.92 Å². The Labute approximate surface area is 167 Å². The number of esters is 2. The molecule has 1 saturated heterocycles. The Morgan fingerprint density at radius 3 is 2.46 bits per heavy atom. The summed E-state index contributed by atoms with van der Waals surface area (Å²) >= 11 is 6.45. The van der Waals surface area contributed by atoms with Crippen LogP contribution in [0.4, 0.5) is 0 Å². The molecule has 2 fully saturated rings. The van der Waals surface area contributed by atoms with E-state index in [9.17, 15) is 9.59 Å². The van der Waals surface area contributed by atoms with Crippen molar-refractivity contribution < 1.29 is 19.1 Å². The smallest absolute Gasteiger partial charge is 0.309 e. The summed E-state index contributed by atoms with van der Waals surface area (Å²) in [5.74, 6) is -0.849. The molecule has 2 rings (SSSR count). The molecule has 1 heterocycles. The third-order valence-corrected chi connectivity index (χ3v) is 7.67. The van der Waals surface area contributed by atoms with Gasteiger partial charge in [-0.25, -0.2) is 0 Å². The number of ether oxygens (including phenoxy) is 2. The Morgan fingerprint density at radius 1 is 1.23 bits per heavy atom. The van der Waals surface area contributed by atoms with Gasteiger partial charge in [-0.15, -0.1) is 11.8 Å². The van der Waals surface area contributed by atoms with E-state index in [0.29, 0.717) is 30.8 Å². The summed E-state index contributed by atoms with van der Waals surface area (Å²) in [6, 6.07) is 0. The van der Waals surface area contributed by atoms with Gasteiger partial charge < -0.3 is 9.47 Å². The maximum absolute atomic E-state index is 12.8. The predicted molar refractivity (Wildman–Crippen MR) is 110 cm³/mol. The minimum atomic E-state index is -0.366. The van der Waals surface area contributed by atoms with E-state index >= 15 is 0 Å². The zero-order valence-corrected chi connectivity index (χ0v) is 18.5. The highest BCUT2D eigenvalue weighted by Gasteiger charge is 2.60. The second-order valence-corrected chi connectivity index (χ2v) is 11.5. The molecule has 0 N–H and O–H groups in total. The molecule has 5 unspecified atom stereocenters. The zero-order chi connectivity index (χ0) is 19.5. The van der Waals surface area contributed by atoms with Crippen molar-refractivity contribution in [3.63, 3.8) is 0 Å². The van der Waals surface area contributed by atoms with Crippen molar-refractivity contribution in [2.24, 2.45) is 17.8 Å². The third-order valence-electron chi connectivity index (χ3n) is 5.71. The molecule has 1 aliphatic carbocycles. The lowest BCUT2D eigenvalue weighted by molar-refractivity contribution is -0.163.